The second-order valence-corrected chi connectivity index (χ2v) is 5.62. The van der Waals surface area contributed by atoms with Gasteiger partial charge in [-0.15, -0.1) is 10.2 Å². The molecule has 7 nitrogen and oxygen atoms in total. The van der Waals surface area contributed by atoms with Crippen molar-refractivity contribution in [3.8, 4) is 0 Å². The Balaban J connectivity index is 2.04. The van der Waals surface area contributed by atoms with Crippen LogP contribution in [-0.4, -0.2) is 42.9 Å². The molecule has 0 radical (unpaired) electrons. The summed E-state index contributed by atoms with van der Waals surface area (Å²) < 4.78 is 24.6. The number of anilines is 1. The average Bonchev–Trinajstić information content (AvgIpc) is 2.38. The van der Waals surface area contributed by atoms with Crippen LogP contribution in [-0.2, 0) is 10.0 Å². The Morgan fingerprint density at radius 3 is 2.61 bits per heavy atom. The lowest BCUT2D eigenvalue weighted by Gasteiger charge is -2.05. The van der Waals surface area contributed by atoms with Crippen LogP contribution in [0.1, 0.15) is 0 Å². The van der Waals surface area contributed by atoms with Gasteiger partial charge in [0.2, 0.25) is 16.0 Å². The van der Waals surface area contributed by atoms with Gasteiger partial charge in [-0.25, -0.2) is 18.1 Å². The van der Waals surface area contributed by atoms with E-state index >= 15 is 0 Å². The third kappa shape index (κ3) is 3.11. The van der Waals surface area contributed by atoms with E-state index in [2.05, 4.69) is 25.2 Å². The Bertz CT molecular complexity index is 644. The van der Waals surface area contributed by atoms with Crippen molar-refractivity contribution in [1.29, 1.82) is 0 Å². The highest BCUT2D eigenvalue weighted by molar-refractivity contribution is 7.89. The number of aromatic nitrogens is 3. The maximum Gasteiger partial charge on any atom is 0.243 e. The van der Waals surface area contributed by atoms with Crippen LogP contribution in [0.4, 0.5) is 5.95 Å². The Labute approximate surface area is 105 Å². The number of benzene rings is 1. The summed E-state index contributed by atoms with van der Waals surface area (Å²) in [6.45, 7) is 0.225. The molecule has 0 saturated carbocycles. The molecule has 0 aliphatic rings. The number of rotatable bonds is 5. The first-order chi connectivity index (χ1) is 8.61. The van der Waals surface area contributed by atoms with Crippen LogP contribution in [0.5, 0.6) is 0 Å². The van der Waals surface area contributed by atoms with Crippen molar-refractivity contribution in [3.63, 3.8) is 0 Å². The molecule has 0 spiro atoms. The van der Waals surface area contributed by atoms with Crippen molar-refractivity contribution in [3.05, 3.63) is 24.3 Å². The molecule has 0 saturated heterocycles. The number of nitrogens with one attached hydrogen (secondary N) is 2. The topological polar surface area (TPSA) is 96.9 Å². The maximum absolute atomic E-state index is 11.2. The first kappa shape index (κ1) is 12.7. The van der Waals surface area contributed by atoms with Gasteiger partial charge in [0.15, 0.2) is 0 Å². The van der Waals surface area contributed by atoms with Gasteiger partial charge in [0.25, 0.3) is 0 Å². The van der Waals surface area contributed by atoms with E-state index in [1.54, 1.807) is 0 Å². The molecule has 0 bridgehead atoms. The predicted molar refractivity (Wildman–Crippen MR) is 68.7 cm³/mol. The number of hydrogen-bond acceptors (Lipinski definition) is 6. The van der Waals surface area contributed by atoms with Gasteiger partial charge >= 0.3 is 0 Å². The lowest BCUT2D eigenvalue weighted by molar-refractivity contribution is 0.588. The monoisotopic (exact) mass is 267 g/mol. The summed E-state index contributed by atoms with van der Waals surface area (Å²) in [6.07, 6.45) is 0. The van der Waals surface area contributed by atoms with Crippen molar-refractivity contribution in [1.82, 2.24) is 19.9 Å². The molecule has 1 aromatic carbocycles. The van der Waals surface area contributed by atoms with Crippen LogP contribution in [0.3, 0.4) is 0 Å². The SMILES string of the molecule is CNS(=O)(=O)CCNc1nnc2ccccc2n1. The molecule has 2 aromatic rings. The first-order valence-corrected chi connectivity index (χ1v) is 7.00. The number of para-hydroxylation sites is 1. The average molecular weight is 267 g/mol. The van der Waals surface area contributed by atoms with E-state index in [-0.39, 0.29) is 12.3 Å². The smallest absolute Gasteiger partial charge is 0.243 e. The van der Waals surface area contributed by atoms with Crippen LogP contribution >= 0.6 is 0 Å². The zero-order chi connectivity index (χ0) is 13.0. The minimum Gasteiger partial charge on any atom is -0.352 e. The highest BCUT2D eigenvalue weighted by atomic mass is 32.2. The quantitative estimate of drug-likeness (QED) is 0.790. The summed E-state index contributed by atoms with van der Waals surface area (Å²) in [4.78, 5) is 4.22. The van der Waals surface area contributed by atoms with Crippen LogP contribution in [0.15, 0.2) is 24.3 Å². The van der Waals surface area contributed by atoms with Gasteiger partial charge < -0.3 is 5.32 Å². The van der Waals surface area contributed by atoms with Gasteiger partial charge in [-0.1, -0.05) is 12.1 Å². The van der Waals surface area contributed by atoms with Crippen LogP contribution in [0.25, 0.3) is 11.0 Å². The van der Waals surface area contributed by atoms with Gasteiger partial charge in [-0.05, 0) is 19.2 Å². The Kier molecular flexibility index (Phi) is 3.68. The zero-order valence-corrected chi connectivity index (χ0v) is 10.6. The van der Waals surface area contributed by atoms with E-state index in [0.29, 0.717) is 17.0 Å². The second kappa shape index (κ2) is 5.23. The van der Waals surface area contributed by atoms with E-state index in [1.807, 2.05) is 24.3 Å². The Hall–Kier alpha value is -1.80. The summed E-state index contributed by atoms with van der Waals surface area (Å²) in [5, 5.41) is 10.7. The summed E-state index contributed by atoms with van der Waals surface area (Å²) in [5.41, 5.74) is 1.41. The van der Waals surface area contributed by atoms with Crippen LogP contribution in [0.2, 0.25) is 0 Å². The third-order valence-corrected chi connectivity index (χ3v) is 3.69. The van der Waals surface area contributed by atoms with Crippen LogP contribution < -0.4 is 10.0 Å². The van der Waals surface area contributed by atoms with E-state index in [0.717, 1.165) is 0 Å². The fourth-order valence-electron chi connectivity index (χ4n) is 1.36. The molecular weight excluding hydrogens is 254 g/mol. The molecule has 1 heterocycles. The molecule has 2 N–H and O–H groups in total. The number of hydrogen-bond donors (Lipinski definition) is 2. The first-order valence-electron chi connectivity index (χ1n) is 5.35. The van der Waals surface area contributed by atoms with Gasteiger partial charge in [-0.2, -0.15) is 0 Å². The van der Waals surface area contributed by atoms with Crippen LogP contribution in [0, 0.1) is 0 Å². The molecule has 96 valence electrons. The highest BCUT2D eigenvalue weighted by Gasteiger charge is 2.07. The summed E-state index contributed by atoms with van der Waals surface area (Å²) in [7, 11) is -1.84. The largest absolute Gasteiger partial charge is 0.352 e. The number of sulfonamides is 1. The zero-order valence-electron chi connectivity index (χ0n) is 9.79. The van der Waals surface area contributed by atoms with Gasteiger partial charge in [0, 0.05) is 6.54 Å². The second-order valence-electron chi connectivity index (χ2n) is 3.57. The van der Waals surface area contributed by atoms with Crippen molar-refractivity contribution in [2.45, 2.75) is 0 Å². The van der Waals surface area contributed by atoms with Crippen molar-refractivity contribution in [2.24, 2.45) is 0 Å². The number of fused-ring (bicyclic) bond motifs is 1. The highest BCUT2D eigenvalue weighted by Crippen LogP contribution is 2.08. The standard InChI is InChI=1S/C10H13N5O2S/c1-11-18(16,17)7-6-12-10-13-8-4-2-3-5-9(8)14-15-10/h2-5,11H,6-7H2,1H3,(H,12,13,15). The molecule has 0 atom stereocenters. The van der Waals surface area contributed by atoms with Crippen molar-refractivity contribution < 1.29 is 8.42 Å². The van der Waals surface area contributed by atoms with E-state index < -0.39 is 10.0 Å². The molecule has 0 fully saturated rings. The molecule has 1 aromatic heterocycles. The molecule has 0 aliphatic carbocycles. The minimum atomic E-state index is -3.22. The lowest BCUT2D eigenvalue weighted by atomic mass is 10.3. The summed E-state index contributed by atoms with van der Waals surface area (Å²) in [5.74, 6) is 0.277. The normalized spacial score (nSPS) is 11.6. The summed E-state index contributed by atoms with van der Waals surface area (Å²) >= 11 is 0. The molecule has 8 heteroatoms. The molecule has 0 aliphatic heterocycles. The Morgan fingerprint density at radius 1 is 1.17 bits per heavy atom. The van der Waals surface area contributed by atoms with Gasteiger partial charge in [0.05, 0.1) is 11.3 Å². The number of nitrogens with zero attached hydrogens (tertiary/aromatic N) is 3. The van der Waals surface area contributed by atoms with Gasteiger partial charge in [0.1, 0.15) is 5.52 Å². The van der Waals surface area contributed by atoms with E-state index in [9.17, 15) is 8.42 Å². The molecule has 0 amide bonds. The van der Waals surface area contributed by atoms with Crippen molar-refractivity contribution in [2.75, 3.05) is 24.7 Å². The van der Waals surface area contributed by atoms with E-state index in [4.69, 9.17) is 0 Å². The Morgan fingerprint density at radius 2 is 1.89 bits per heavy atom. The molecule has 0 unspecified atom stereocenters. The van der Waals surface area contributed by atoms with Gasteiger partial charge in [-0.3, -0.25) is 0 Å². The molecule has 18 heavy (non-hydrogen) atoms. The minimum absolute atomic E-state index is 0.0420. The fraction of sp³-hybridized carbons (Fsp3) is 0.300. The fourth-order valence-corrected chi connectivity index (χ4v) is 1.93. The third-order valence-electron chi connectivity index (χ3n) is 2.33. The predicted octanol–water partition coefficient (Wildman–Crippen LogP) is -0.0141. The molecule has 2 rings (SSSR count). The maximum atomic E-state index is 11.2. The molecular formula is C10H13N5O2S. The van der Waals surface area contributed by atoms with Crippen molar-refractivity contribution >= 4 is 27.0 Å². The van der Waals surface area contributed by atoms with E-state index in [1.165, 1.54) is 7.05 Å². The summed E-state index contributed by atoms with van der Waals surface area (Å²) in [6, 6.07) is 7.33. The lowest BCUT2D eigenvalue weighted by Crippen LogP contribution is -2.26.